The van der Waals surface area contributed by atoms with E-state index in [0.29, 0.717) is 5.02 Å². The summed E-state index contributed by atoms with van der Waals surface area (Å²) in [5.74, 6) is 0.854. The van der Waals surface area contributed by atoms with E-state index in [0.717, 1.165) is 92.2 Å². The standard InChI is InChI=1S/C32H46ClN7/c1-23(20-31(3,4)5)34-12-9-13-40-22-29(36-37-40)25-10-11-28-26(18-25)19-27(33)30(35-28)39-16-14-38(15-17-39)24(2)21-32(6,7)8/h10-11,18-19,22,34H,1-2,9,12-17,20-21H2,3-8H3. The maximum absolute atomic E-state index is 6.77. The van der Waals surface area contributed by atoms with E-state index < -0.39 is 0 Å². The zero-order valence-corrected chi connectivity index (χ0v) is 26.0. The van der Waals surface area contributed by atoms with Crippen molar-refractivity contribution in [2.45, 2.75) is 67.3 Å². The van der Waals surface area contributed by atoms with Crippen molar-refractivity contribution < 1.29 is 0 Å². The third-order valence-corrected chi connectivity index (χ3v) is 7.31. The molecule has 3 heterocycles. The summed E-state index contributed by atoms with van der Waals surface area (Å²) in [6, 6.07) is 8.23. The number of fused-ring (bicyclic) bond motifs is 1. The number of benzene rings is 1. The monoisotopic (exact) mass is 563 g/mol. The number of pyridine rings is 1. The number of allylic oxidation sites excluding steroid dienone is 2. The third kappa shape index (κ3) is 8.23. The number of anilines is 1. The lowest BCUT2D eigenvalue weighted by Crippen LogP contribution is -2.46. The molecule has 40 heavy (non-hydrogen) atoms. The number of hydrogen-bond acceptors (Lipinski definition) is 6. The maximum atomic E-state index is 6.77. The van der Waals surface area contributed by atoms with Gasteiger partial charge in [0.1, 0.15) is 11.5 Å². The fourth-order valence-corrected chi connectivity index (χ4v) is 5.51. The van der Waals surface area contributed by atoms with Gasteiger partial charge in [-0.05, 0) is 48.3 Å². The van der Waals surface area contributed by atoms with Gasteiger partial charge in [-0.25, -0.2) is 4.98 Å². The first-order valence-electron chi connectivity index (χ1n) is 14.4. The number of nitrogens with one attached hydrogen (secondary N) is 1. The molecule has 216 valence electrons. The first-order valence-corrected chi connectivity index (χ1v) is 14.8. The topological polar surface area (TPSA) is 62.1 Å². The van der Waals surface area contributed by atoms with Crippen LogP contribution in [0.5, 0.6) is 0 Å². The summed E-state index contributed by atoms with van der Waals surface area (Å²) >= 11 is 6.77. The average molecular weight is 564 g/mol. The highest BCUT2D eigenvalue weighted by atomic mass is 35.5. The quantitative estimate of drug-likeness (QED) is 0.264. The van der Waals surface area contributed by atoms with Crippen LogP contribution in [0.3, 0.4) is 0 Å². The second-order valence-corrected chi connectivity index (χ2v) is 13.9. The Hall–Kier alpha value is -3.06. The highest BCUT2D eigenvalue weighted by molar-refractivity contribution is 6.33. The number of nitrogens with zero attached hydrogens (tertiary/aromatic N) is 6. The molecule has 0 radical (unpaired) electrons. The molecule has 0 bridgehead atoms. The summed E-state index contributed by atoms with van der Waals surface area (Å²) in [6.07, 6.45) is 4.92. The number of rotatable bonds is 10. The van der Waals surface area contributed by atoms with Gasteiger partial charge in [0.15, 0.2) is 0 Å². The summed E-state index contributed by atoms with van der Waals surface area (Å²) in [6.45, 7) is 27.2. The van der Waals surface area contributed by atoms with Crippen molar-refractivity contribution in [1.29, 1.82) is 0 Å². The fourth-order valence-electron chi connectivity index (χ4n) is 5.23. The molecule has 0 aliphatic carbocycles. The lowest BCUT2D eigenvalue weighted by atomic mass is 9.90. The minimum atomic E-state index is 0.239. The van der Waals surface area contributed by atoms with Crippen molar-refractivity contribution >= 4 is 28.3 Å². The smallest absolute Gasteiger partial charge is 0.148 e. The number of aryl methyl sites for hydroxylation is 1. The van der Waals surface area contributed by atoms with Crippen LogP contribution < -0.4 is 10.2 Å². The van der Waals surface area contributed by atoms with Crippen LogP contribution in [0.25, 0.3) is 22.2 Å². The highest BCUT2D eigenvalue weighted by Crippen LogP contribution is 2.32. The molecule has 1 N–H and O–H groups in total. The second kappa shape index (κ2) is 12.2. The van der Waals surface area contributed by atoms with Crippen LogP contribution in [0.15, 0.2) is 55.0 Å². The van der Waals surface area contributed by atoms with Gasteiger partial charge in [0.2, 0.25) is 0 Å². The summed E-state index contributed by atoms with van der Waals surface area (Å²) in [5, 5.41) is 13.9. The normalized spacial score (nSPS) is 14.6. The molecule has 0 unspecified atom stereocenters. The first kappa shape index (κ1) is 29.9. The molecule has 0 spiro atoms. The van der Waals surface area contributed by atoms with Gasteiger partial charge in [0.05, 0.1) is 16.7 Å². The molecule has 1 fully saturated rings. The molecule has 1 aromatic carbocycles. The predicted molar refractivity (Wildman–Crippen MR) is 169 cm³/mol. The number of hydrogen-bond donors (Lipinski definition) is 1. The van der Waals surface area contributed by atoms with Gasteiger partial charge < -0.3 is 15.1 Å². The van der Waals surface area contributed by atoms with Gasteiger partial charge in [-0.2, -0.15) is 0 Å². The van der Waals surface area contributed by atoms with E-state index in [1.54, 1.807) is 0 Å². The molecule has 2 aromatic heterocycles. The first-order chi connectivity index (χ1) is 18.8. The zero-order valence-electron chi connectivity index (χ0n) is 25.2. The van der Waals surface area contributed by atoms with Crippen molar-refractivity contribution in [3.05, 3.63) is 60.0 Å². The molecule has 1 saturated heterocycles. The van der Waals surface area contributed by atoms with Gasteiger partial charge in [-0.3, -0.25) is 4.68 Å². The van der Waals surface area contributed by atoms with Crippen molar-refractivity contribution in [2.24, 2.45) is 10.8 Å². The Morgan fingerprint density at radius 3 is 2.35 bits per heavy atom. The molecule has 0 amide bonds. The molecule has 7 nitrogen and oxygen atoms in total. The molecule has 8 heteroatoms. The Balaban J connectivity index is 1.35. The minimum absolute atomic E-state index is 0.239. The van der Waals surface area contributed by atoms with E-state index in [1.807, 2.05) is 16.9 Å². The van der Waals surface area contributed by atoms with E-state index in [1.165, 1.54) is 5.70 Å². The van der Waals surface area contributed by atoms with Crippen LogP contribution in [0.1, 0.15) is 60.8 Å². The Morgan fingerprint density at radius 2 is 1.68 bits per heavy atom. The highest BCUT2D eigenvalue weighted by Gasteiger charge is 2.23. The molecule has 1 aliphatic rings. The van der Waals surface area contributed by atoms with E-state index >= 15 is 0 Å². The van der Waals surface area contributed by atoms with Crippen LogP contribution >= 0.6 is 11.6 Å². The molecule has 4 rings (SSSR count). The summed E-state index contributed by atoms with van der Waals surface area (Å²) in [5.41, 5.74) is 5.56. The molecular formula is C32H46ClN7. The number of halogens is 1. The largest absolute Gasteiger partial charge is 0.389 e. The van der Waals surface area contributed by atoms with Gasteiger partial charge >= 0.3 is 0 Å². The van der Waals surface area contributed by atoms with Crippen LogP contribution in [-0.2, 0) is 6.54 Å². The fraction of sp³-hybridized carbons (Fsp3) is 0.531. The SMILES string of the molecule is C=C(CC(C)(C)C)NCCCn1cc(-c2ccc3nc(N4CCN(C(=C)CC(C)(C)C)CC4)c(Cl)cc3c2)nn1. The van der Waals surface area contributed by atoms with E-state index in [2.05, 4.69) is 98.3 Å². The molecule has 1 aliphatic heterocycles. The van der Waals surface area contributed by atoms with Gasteiger partial charge in [0.25, 0.3) is 0 Å². The molecule has 3 aromatic rings. The summed E-state index contributed by atoms with van der Waals surface area (Å²) < 4.78 is 1.90. The predicted octanol–water partition coefficient (Wildman–Crippen LogP) is 7.15. The van der Waals surface area contributed by atoms with Gasteiger partial charge in [-0.1, -0.05) is 77.6 Å². The van der Waals surface area contributed by atoms with Gasteiger partial charge in [-0.15, -0.1) is 5.10 Å². The van der Waals surface area contributed by atoms with Crippen LogP contribution in [-0.4, -0.2) is 57.6 Å². The third-order valence-electron chi connectivity index (χ3n) is 7.03. The lowest BCUT2D eigenvalue weighted by molar-refractivity contribution is 0.276. The Kier molecular flexibility index (Phi) is 9.13. The molecule has 0 saturated carbocycles. The minimum Gasteiger partial charge on any atom is -0.389 e. The average Bonchev–Trinajstić information content (AvgIpc) is 3.33. The van der Waals surface area contributed by atoms with E-state index in [-0.39, 0.29) is 10.8 Å². The van der Waals surface area contributed by atoms with Crippen molar-refractivity contribution in [3.8, 4) is 11.3 Å². The van der Waals surface area contributed by atoms with Crippen LogP contribution in [0.2, 0.25) is 5.02 Å². The van der Waals surface area contributed by atoms with Crippen molar-refractivity contribution in [1.82, 2.24) is 30.2 Å². The molecular weight excluding hydrogens is 518 g/mol. The molecule has 0 atom stereocenters. The second-order valence-electron chi connectivity index (χ2n) is 13.5. The van der Waals surface area contributed by atoms with Crippen LogP contribution in [0.4, 0.5) is 5.82 Å². The van der Waals surface area contributed by atoms with Crippen molar-refractivity contribution in [2.75, 3.05) is 37.6 Å². The summed E-state index contributed by atoms with van der Waals surface area (Å²) in [7, 11) is 0. The number of piperazine rings is 1. The Bertz CT molecular complexity index is 1340. The summed E-state index contributed by atoms with van der Waals surface area (Å²) in [4.78, 5) is 9.64. The Labute approximate surface area is 245 Å². The van der Waals surface area contributed by atoms with Gasteiger partial charge in [0, 0.05) is 61.6 Å². The lowest BCUT2D eigenvalue weighted by Gasteiger charge is -2.39. The van der Waals surface area contributed by atoms with Crippen LogP contribution in [0, 0.1) is 10.8 Å². The number of aromatic nitrogens is 4. The van der Waals surface area contributed by atoms with Crippen molar-refractivity contribution in [3.63, 3.8) is 0 Å². The zero-order chi connectivity index (χ0) is 29.1. The van der Waals surface area contributed by atoms with E-state index in [4.69, 9.17) is 16.6 Å². The van der Waals surface area contributed by atoms with E-state index in [9.17, 15) is 0 Å². The Morgan fingerprint density at radius 1 is 0.975 bits per heavy atom. The maximum Gasteiger partial charge on any atom is 0.148 e.